The molecule has 0 saturated carbocycles. The molecule has 0 saturated heterocycles. The molecule has 5 heteroatoms. The molecule has 0 heterocycles. The zero-order valence-corrected chi connectivity index (χ0v) is 10.8. The second-order valence-corrected chi connectivity index (χ2v) is 3.76. The molecular formula is C12H20N4O. The van der Waals surface area contributed by atoms with Crippen molar-refractivity contribution < 1.29 is 4.79 Å². The van der Waals surface area contributed by atoms with Crippen molar-refractivity contribution in [3.63, 3.8) is 0 Å². The molecule has 1 amide bonds. The van der Waals surface area contributed by atoms with Crippen molar-refractivity contribution in [1.82, 2.24) is 10.2 Å². The summed E-state index contributed by atoms with van der Waals surface area (Å²) in [6.07, 6.45) is 2.23. The lowest BCUT2D eigenvalue weighted by Gasteiger charge is -2.05. The van der Waals surface area contributed by atoms with Gasteiger partial charge < -0.3 is 16.0 Å². The Hall–Kier alpha value is -1.80. The van der Waals surface area contributed by atoms with Crippen LogP contribution in [0.5, 0.6) is 0 Å². The molecule has 0 bridgehead atoms. The number of aliphatic imine (C=N–C) groups is 1. The average Bonchev–Trinajstić information content (AvgIpc) is 2.31. The first-order chi connectivity index (χ1) is 8.01. The first-order valence-corrected chi connectivity index (χ1v) is 5.35. The average molecular weight is 236 g/mol. The van der Waals surface area contributed by atoms with Crippen molar-refractivity contribution in [3.8, 4) is 11.8 Å². The third kappa shape index (κ3) is 7.14. The molecular weight excluding hydrogens is 216 g/mol. The van der Waals surface area contributed by atoms with Crippen LogP contribution in [0.3, 0.4) is 0 Å². The van der Waals surface area contributed by atoms with Crippen molar-refractivity contribution in [1.29, 1.82) is 0 Å². The zero-order valence-electron chi connectivity index (χ0n) is 10.8. The number of amides is 1. The second kappa shape index (κ2) is 8.36. The number of carbonyl (C=O) groups excluding carboxylic acids is 1. The summed E-state index contributed by atoms with van der Waals surface area (Å²) in [6, 6.07) is 0.381. The number of rotatable bonds is 5. The van der Waals surface area contributed by atoms with Crippen LogP contribution >= 0.6 is 0 Å². The van der Waals surface area contributed by atoms with E-state index in [0.29, 0.717) is 30.4 Å². The zero-order chi connectivity index (χ0) is 13.3. The van der Waals surface area contributed by atoms with Gasteiger partial charge in [0.15, 0.2) is 0 Å². The Morgan fingerprint density at radius 2 is 2.24 bits per heavy atom. The lowest BCUT2D eigenvalue weighted by Crippen LogP contribution is -2.23. The lowest BCUT2D eigenvalue weighted by molar-refractivity contribution is -0.115. The maximum absolute atomic E-state index is 10.5. The SMILES string of the molecule is CN=C(N)/C(C#CCNC(C)C)=C\N(C)C=O. The van der Waals surface area contributed by atoms with E-state index in [-0.39, 0.29) is 0 Å². The van der Waals surface area contributed by atoms with Crippen molar-refractivity contribution in [3.05, 3.63) is 11.8 Å². The van der Waals surface area contributed by atoms with Gasteiger partial charge in [0.05, 0.1) is 12.1 Å². The van der Waals surface area contributed by atoms with Crippen LogP contribution in [0.1, 0.15) is 13.8 Å². The summed E-state index contributed by atoms with van der Waals surface area (Å²) in [5, 5.41) is 3.16. The van der Waals surface area contributed by atoms with Gasteiger partial charge in [0.1, 0.15) is 5.84 Å². The standard InChI is InChI=1S/C12H20N4O/c1-10(2)15-7-5-6-11(12(13)14-3)8-16(4)9-17/h8-10,15H,7H2,1-4H3,(H2,13,14)/b11-8-. The second-order valence-electron chi connectivity index (χ2n) is 3.76. The molecule has 3 N–H and O–H groups in total. The predicted molar refractivity (Wildman–Crippen MR) is 70.4 cm³/mol. The normalized spacial score (nSPS) is 12.1. The van der Waals surface area contributed by atoms with Crippen LogP contribution in [0, 0.1) is 11.8 Å². The van der Waals surface area contributed by atoms with E-state index in [9.17, 15) is 4.79 Å². The summed E-state index contributed by atoms with van der Waals surface area (Å²) >= 11 is 0. The molecule has 0 aliphatic rings. The summed E-state index contributed by atoms with van der Waals surface area (Å²) in [4.78, 5) is 15.7. The van der Waals surface area contributed by atoms with Gasteiger partial charge in [-0.2, -0.15) is 0 Å². The van der Waals surface area contributed by atoms with E-state index in [1.807, 2.05) is 13.8 Å². The van der Waals surface area contributed by atoms with Crippen molar-refractivity contribution in [2.24, 2.45) is 10.7 Å². The summed E-state index contributed by atoms with van der Waals surface area (Å²) in [6.45, 7) is 4.65. The Bertz CT molecular complexity index is 360. The molecule has 0 atom stereocenters. The van der Waals surface area contributed by atoms with E-state index >= 15 is 0 Å². The third-order valence-corrected chi connectivity index (χ3v) is 1.84. The number of nitrogens with one attached hydrogen (secondary N) is 1. The Morgan fingerprint density at radius 1 is 1.59 bits per heavy atom. The van der Waals surface area contributed by atoms with Crippen molar-refractivity contribution >= 4 is 12.2 Å². The highest BCUT2D eigenvalue weighted by atomic mass is 16.1. The molecule has 0 radical (unpaired) electrons. The monoisotopic (exact) mass is 236 g/mol. The molecule has 94 valence electrons. The van der Waals surface area contributed by atoms with Crippen LogP contribution in [0.25, 0.3) is 0 Å². The van der Waals surface area contributed by atoms with Crippen LogP contribution in [0.4, 0.5) is 0 Å². The molecule has 0 rings (SSSR count). The molecule has 5 nitrogen and oxygen atoms in total. The maximum atomic E-state index is 10.5. The Morgan fingerprint density at radius 3 is 2.71 bits per heavy atom. The Balaban J connectivity index is 4.72. The van der Waals surface area contributed by atoms with E-state index in [1.165, 1.54) is 4.90 Å². The highest BCUT2D eigenvalue weighted by molar-refractivity contribution is 6.01. The fourth-order valence-corrected chi connectivity index (χ4v) is 0.912. The van der Waals surface area contributed by atoms with E-state index in [2.05, 4.69) is 22.2 Å². The number of hydrogen-bond donors (Lipinski definition) is 2. The quantitative estimate of drug-likeness (QED) is 0.304. The first kappa shape index (κ1) is 15.2. The molecule has 0 spiro atoms. The maximum Gasteiger partial charge on any atom is 0.213 e. The summed E-state index contributed by atoms with van der Waals surface area (Å²) < 4.78 is 0. The lowest BCUT2D eigenvalue weighted by atomic mass is 10.2. The highest BCUT2D eigenvalue weighted by Gasteiger charge is 1.99. The summed E-state index contributed by atoms with van der Waals surface area (Å²) in [5.74, 6) is 6.13. The van der Waals surface area contributed by atoms with Gasteiger partial charge in [-0.25, -0.2) is 0 Å². The van der Waals surface area contributed by atoms with Gasteiger partial charge >= 0.3 is 0 Å². The molecule has 0 aromatic carbocycles. The number of nitrogens with two attached hydrogens (primary N) is 1. The van der Waals surface area contributed by atoms with Gasteiger partial charge in [-0.1, -0.05) is 11.8 Å². The van der Waals surface area contributed by atoms with Crippen LogP contribution < -0.4 is 11.1 Å². The molecule has 0 fully saturated rings. The number of nitrogens with zero attached hydrogens (tertiary/aromatic N) is 2. The Kier molecular flexibility index (Phi) is 7.48. The van der Waals surface area contributed by atoms with Crippen LogP contribution in [-0.2, 0) is 4.79 Å². The van der Waals surface area contributed by atoms with E-state index < -0.39 is 0 Å². The molecule has 0 aliphatic carbocycles. The topological polar surface area (TPSA) is 70.7 Å². The summed E-state index contributed by atoms with van der Waals surface area (Å²) in [7, 11) is 3.20. The van der Waals surface area contributed by atoms with Gasteiger partial charge in [0, 0.05) is 26.3 Å². The molecule has 0 aromatic rings. The fourth-order valence-electron chi connectivity index (χ4n) is 0.912. The fraction of sp³-hybridized carbons (Fsp3) is 0.500. The molecule has 0 unspecified atom stereocenters. The smallest absolute Gasteiger partial charge is 0.213 e. The predicted octanol–water partition coefficient (Wildman–Crippen LogP) is -0.0531. The van der Waals surface area contributed by atoms with E-state index in [1.54, 1.807) is 20.3 Å². The van der Waals surface area contributed by atoms with E-state index in [4.69, 9.17) is 5.73 Å². The van der Waals surface area contributed by atoms with Gasteiger partial charge in [0.25, 0.3) is 0 Å². The van der Waals surface area contributed by atoms with Crippen LogP contribution in [-0.4, -0.2) is 43.8 Å². The van der Waals surface area contributed by atoms with Crippen LogP contribution in [0.2, 0.25) is 0 Å². The minimum atomic E-state index is 0.316. The van der Waals surface area contributed by atoms with Crippen molar-refractivity contribution in [2.45, 2.75) is 19.9 Å². The number of hydrogen-bond acceptors (Lipinski definition) is 3. The van der Waals surface area contributed by atoms with Gasteiger partial charge in [-0.15, -0.1) is 0 Å². The van der Waals surface area contributed by atoms with Crippen LogP contribution in [0.15, 0.2) is 16.8 Å². The molecule has 0 aromatic heterocycles. The molecule has 0 aliphatic heterocycles. The minimum absolute atomic E-state index is 0.316. The van der Waals surface area contributed by atoms with Crippen molar-refractivity contribution in [2.75, 3.05) is 20.6 Å². The van der Waals surface area contributed by atoms with Gasteiger partial charge in [0.2, 0.25) is 6.41 Å². The minimum Gasteiger partial charge on any atom is -0.383 e. The Labute approximate surface area is 103 Å². The first-order valence-electron chi connectivity index (χ1n) is 5.35. The number of amidine groups is 1. The summed E-state index contributed by atoms with van der Waals surface area (Å²) in [5.41, 5.74) is 6.21. The van der Waals surface area contributed by atoms with Gasteiger partial charge in [-0.3, -0.25) is 9.79 Å². The largest absolute Gasteiger partial charge is 0.383 e. The van der Waals surface area contributed by atoms with Gasteiger partial charge in [-0.05, 0) is 13.8 Å². The highest BCUT2D eigenvalue weighted by Crippen LogP contribution is 1.94. The third-order valence-electron chi connectivity index (χ3n) is 1.84. The van der Waals surface area contributed by atoms with E-state index in [0.717, 1.165) is 0 Å². The molecule has 17 heavy (non-hydrogen) atoms. The number of carbonyl (C=O) groups is 1.